The Morgan fingerprint density at radius 3 is 2.45 bits per heavy atom. The molecule has 0 spiro atoms. The number of amides is 1. The molecule has 1 aromatic heterocycles. The van der Waals surface area contributed by atoms with Gasteiger partial charge in [0.1, 0.15) is 5.82 Å². The summed E-state index contributed by atoms with van der Waals surface area (Å²) < 4.78 is 11.6. The van der Waals surface area contributed by atoms with Crippen molar-refractivity contribution in [3.63, 3.8) is 0 Å². The third-order valence-electron chi connectivity index (χ3n) is 4.72. The van der Waals surface area contributed by atoms with E-state index in [2.05, 4.69) is 4.98 Å². The van der Waals surface area contributed by atoms with Gasteiger partial charge < -0.3 is 20.1 Å². The molecule has 162 valence electrons. The van der Waals surface area contributed by atoms with Gasteiger partial charge in [0.25, 0.3) is 11.5 Å². The van der Waals surface area contributed by atoms with Gasteiger partial charge in [-0.25, -0.2) is 4.79 Å². The molecule has 1 amide bonds. The second kappa shape index (κ2) is 8.97. The van der Waals surface area contributed by atoms with Gasteiger partial charge in [-0.3, -0.25) is 19.1 Å². The van der Waals surface area contributed by atoms with Crippen LogP contribution in [0.4, 0.5) is 11.5 Å². The number of rotatable bonds is 6. The average molecular weight is 445 g/mol. The van der Waals surface area contributed by atoms with Crippen molar-refractivity contribution in [3.05, 3.63) is 79.5 Å². The highest BCUT2D eigenvalue weighted by atomic mass is 35.5. The fraction of sp³-hybridized carbons (Fsp3) is 0.190. The van der Waals surface area contributed by atoms with E-state index in [-0.39, 0.29) is 40.1 Å². The van der Waals surface area contributed by atoms with E-state index in [9.17, 15) is 14.4 Å². The first-order valence-electron chi connectivity index (χ1n) is 9.14. The monoisotopic (exact) mass is 444 g/mol. The molecule has 0 atom stereocenters. The number of hydrogen-bond acceptors (Lipinski definition) is 6. The Hall–Kier alpha value is -3.72. The van der Waals surface area contributed by atoms with E-state index < -0.39 is 17.2 Å². The second-order valence-corrected chi connectivity index (χ2v) is 7.03. The maximum Gasteiger partial charge on any atom is 0.330 e. The first-order valence-corrected chi connectivity index (χ1v) is 9.52. The zero-order valence-electron chi connectivity index (χ0n) is 17.1. The summed E-state index contributed by atoms with van der Waals surface area (Å²) in [6.07, 6.45) is 0. The van der Waals surface area contributed by atoms with Crippen LogP contribution in [-0.4, -0.2) is 36.7 Å². The maximum absolute atomic E-state index is 13.1. The van der Waals surface area contributed by atoms with Gasteiger partial charge in [-0.05, 0) is 17.7 Å². The van der Waals surface area contributed by atoms with Gasteiger partial charge >= 0.3 is 5.69 Å². The molecule has 31 heavy (non-hydrogen) atoms. The number of nitrogens with two attached hydrogens (primary N) is 1. The Morgan fingerprint density at radius 2 is 1.84 bits per heavy atom. The van der Waals surface area contributed by atoms with Crippen molar-refractivity contribution in [2.75, 3.05) is 31.9 Å². The number of ether oxygens (including phenoxy) is 2. The summed E-state index contributed by atoms with van der Waals surface area (Å²) in [5.74, 6) is -0.190. The number of anilines is 2. The zero-order chi connectivity index (χ0) is 22.7. The molecule has 0 saturated carbocycles. The topological polar surface area (TPSA) is 120 Å². The van der Waals surface area contributed by atoms with Gasteiger partial charge in [0.05, 0.1) is 25.8 Å². The SMILES string of the molecule is COc1cc(C(=O)N(C)c2c(N)n(Cc3ccccc3)c(=O)[nH]c2=O)cc(Cl)c1OC. The van der Waals surface area contributed by atoms with Crippen LogP contribution in [0.3, 0.4) is 0 Å². The van der Waals surface area contributed by atoms with E-state index in [1.807, 2.05) is 30.3 Å². The summed E-state index contributed by atoms with van der Waals surface area (Å²) in [7, 11) is 4.22. The van der Waals surface area contributed by atoms with Crippen LogP contribution in [0.5, 0.6) is 11.5 Å². The number of aromatic nitrogens is 2. The van der Waals surface area contributed by atoms with Crippen molar-refractivity contribution in [2.24, 2.45) is 0 Å². The lowest BCUT2D eigenvalue weighted by Gasteiger charge is -2.21. The molecule has 0 unspecified atom stereocenters. The van der Waals surface area contributed by atoms with E-state index in [1.165, 1.54) is 38.0 Å². The van der Waals surface area contributed by atoms with E-state index in [4.69, 9.17) is 26.8 Å². The van der Waals surface area contributed by atoms with Crippen LogP contribution in [0.1, 0.15) is 15.9 Å². The minimum absolute atomic E-state index is 0.125. The lowest BCUT2D eigenvalue weighted by atomic mass is 10.1. The molecule has 9 nitrogen and oxygen atoms in total. The highest BCUT2D eigenvalue weighted by Gasteiger charge is 2.24. The lowest BCUT2D eigenvalue weighted by Crippen LogP contribution is -2.39. The summed E-state index contributed by atoms with van der Waals surface area (Å²) >= 11 is 6.19. The number of halogens is 1. The molecular weight excluding hydrogens is 424 g/mol. The smallest absolute Gasteiger partial charge is 0.330 e. The number of hydrogen-bond donors (Lipinski definition) is 2. The fourth-order valence-electron chi connectivity index (χ4n) is 3.16. The molecular formula is C21H21ClN4O5. The molecule has 0 fully saturated rings. The number of carbonyl (C=O) groups is 1. The molecule has 3 N–H and O–H groups in total. The number of aromatic amines is 1. The molecule has 3 aromatic rings. The van der Waals surface area contributed by atoms with Crippen molar-refractivity contribution >= 4 is 29.0 Å². The third-order valence-corrected chi connectivity index (χ3v) is 5.00. The van der Waals surface area contributed by atoms with Crippen LogP contribution in [0, 0.1) is 0 Å². The molecule has 0 bridgehead atoms. The first kappa shape index (κ1) is 22.0. The number of benzene rings is 2. The Morgan fingerprint density at radius 1 is 1.16 bits per heavy atom. The zero-order valence-corrected chi connectivity index (χ0v) is 17.9. The van der Waals surface area contributed by atoms with E-state index in [0.29, 0.717) is 0 Å². The minimum atomic E-state index is -0.783. The Kier molecular flexibility index (Phi) is 6.36. The summed E-state index contributed by atoms with van der Waals surface area (Å²) in [5.41, 5.74) is 5.48. The molecule has 0 saturated heterocycles. The number of carbonyl (C=O) groups excluding carboxylic acids is 1. The molecule has 10 heteroatoms. The van der Waals surface area contributed by atoms with Crippen LogP contribution < -0.4 is 31.4 Å². The van der Waals surface area contributed by atoms with E-state index in [1.54, 1.807) is 0 Å². The fourth-order valence-corrected chi connectivity index (χ4v) is 3.45. The molecule has 0 radical (unpaired) electrons. The van der Waals surface area contributed by atoms with Gasteiger partial charge in [-0.1, -0.05) is 41.9 Å². The normalized spacial score (nSPS) is 10.6. The van der Waals surface area contributed by atoms with Crippen molar-refractivity contribution in [1.29, 1.82) is 0 Å². The highest BCUT2D eigenvalue weighted by Crippen LogP contribution is 2.36. The standard InChI is InChI=1S/C21H21ClN4O5/c1-25(20(28)13-9-14(22)17(31-3)15(10-13)30-2)16-18(23)26(21(29)24-19(16)27)11-12-7-5-4-6-8-12/h4-10H,11,23H2,1-3H3,(H,24,27,29). The van der Waals surface area contributed by atoms with Crippen molar-refractivity contribution in [1.82, 2.24) is 9.55 Å². The molecule has 2 aromatic carbocycles. The number of methoxy groups -OCH3 is 2. The van der Waals surface area contributed by atoms with Crippen LogP contribution in [0.2, 0.25) is 5.02 Å². The summed E-state index contributed by atoms with van der Waals surface area (Å²) in [4.78, 5) is 41.3. The second-order valence-electron chi connectivity index (χ2n) is 6.62. The van der Waals surface area contributed by atoms with Crippen LogP contribution in [0.15, 0.2) is 52.1 Å². The first-order chi connectivity index (χ1) is 14.8. The number of nitrogen functional groups attached to an aromatic ring is 1. The van der Waals surface area contributed by atoms with Gasteiger partial charge in [0.15, 0.2) is 17.2 Å². The van der Waals surface area contributed by atoms with Crippen molar-refractivity contribution < 1.29 is 14.3 Å². The summed E-state index contributed by atoms with van der Waals surface area (Å²) in [5, 5.41) is 0.162. The Labute approximate surface area is 182 Å². The molecule has 0 aliphatic heterocycles. The minimum Gasteiger partial charge on any atom is -0.493 e. The van der Waals surface area contributed by atoms with Crippen LogP contribution in [0.25, 0.3) is 0 Å². The Balaban J connectivity index is 2.05. The number of nitrogens with one attached hydrogen (secondary N) is 1. The Bertz CT molecular complexity index is 1240. The van der Waals surface area contributed by atoms with Crippen LogP contribution >= 0.6 is 11.6 Å². The van der Waals surface area contributed by atoms with Gasteiger partial charge in [0.2, 0.25) is 0 Å². The van der Waals surface area contributed by atoms with Gasteiger partial charge in [-0.2, -0.15) is 0 Å². The largest absolute Gasteiger partial charge is 0.493 e. The van der Waals surface area contributed by atoms with Crippen molar-refractivity contribution in [2.45, 2.75) is 6.54 Å². The number of nitrogens with zero attached hydrogens (tertiary/aromatic N) is 2. The highest BCUT2D eigenvalue weighted by molar-refractivity contribution is 6.32. The third kappa shape index (κ3) is 4.26. The predicted molar refractivity (Wildman–Crippen MR) is 119 cm³/mol. The van der Waals surface area contributed by atoms with E-state index in [0.717, 1.165) is 10.5 Å². The number of H-pyrrole nitrogens is 1. The average Bonchev–Trinajstić information content (AvgIpc) is 2.75. The van der Waals surface area contributed by atoms with Gasteiger partial charge in [0, 0.05) is 12.6 Å². The van der Waals surface area contributed by atoms with Gasteiger partial charge in [-0.15, -0.1) is 0 Å². The van der Waals surface area contributed by atoms with Crippen LogP contribution in [-0.2, 0) is 6.54 Å². The predicted octanol–water partition coefficient (Wildman–Crippen LogP) is 2.11. The van der Waals surface area contributed by atoms with E-state index >= 15 is 0 Å². The van der Waals surface area contributed by atoms with Crippen molar-refractivity contribution in [3.8, 4) is 11.5 Å². The quantitative estimate of drug-likeness (QED) is 0.601. The molecule has 3 rings (SSSR count). The maximum atomic E-state index is 13.1. The summed E-state index contributed by atoms with van der Waals surface area (Å²) in [6, 6.07) is 11.9. The molecule has 0 aliphatic carbocycles. The molecule has 0 aliphatic rings. The molecule has 1 heterocycles. The lowest BCUT2D eigenvalue weighted by molar-refractivity contribution is 0.0992. The summed E-state index contributed by atoms with van der Waals surface area (Å²) in [6.45, 7) is 0.125.